The molecule has 1 aliphatic rings. The molecular weight excluding hydrogens is 452 g/mol. The third-order valence-corrected chi connectivity index (χ3v) is 6.39. The highest BCUT2D eigenvalue weighted by Crippen LogP contribution is 2.33. The summed E-state index contributed by atoms with van der Waals surface area (Å²) in [6.07, 6.45) is 6.00. The monoisotopic (exact) mass is 475 g/mol. The van der Waals surface area contributed by atoms with Crippen molar-refractivity contribution >= 4 is 28.5 Å². The second kappa shape index (κ2) is 9.25. The van der Waals surface area contributed by atoms with Gasteiger partial charge in [-0.15, -0.1) is 0 Å². The molecular formula is C26H23F2N5O2. The van der Waals surface area contributed by atoms with Crippen molar-refractivity contribution in [2.75, 3.05) is 5.32 Å². The SMILES string of the molecule is Cn1c(-c2ccncc2)nc2cc(C(=O)NCc3c(F)cccc3F)cc(NC(=O)C3CCC3)c21. The van der Waals surface area contributed by atoms with Gasteiger partial charge in [0, 0.05) is 48.6 Å². The van der Waals surface area contributed by atoms with E-state index in [2.05, 4.69) is 15.6 Å². The van der Waals surface area contributed by atoms with E-state index >= 15 is 0 Å². The Hall–Kier alpha value is -4.14. The van der Waals surface area contributed by atoms with Gasteiger partial charge in [0.1, 0.15) is 17.5 Å². The highest BCUT2D eigenvalue weighted by Gasteiger charge is 2.27. The van der Waals surface area contributed by atoms with Gasteiger partial charge in [0.15, 0.2) is 0 Å². The molecule has 0 saturated heterocycles. The molecule has 1 aliphatic carbocycles. The van der Waals surface area contributed by atoms with Crippen molar-refractivity contribution in [2.45, 2.75) is 25.8 Å². The molecule has 0 unspecified atom stereocenters. The number of amides is 2. The van der Waals surface area contributed by atoms with E-state index in [9.17, 15) is 18.4 Å². The highest BCUT2D eigenvalue weighted by atomic mass is 19.1. The Morgan fingerprint density at radius 1 is 1.09 bits per heavy atom. The largest absolute Gasteiger partial charge is 0.348 e. The first-order valence-corrected chi connectivity index (χ1v) is 11.3. The fourth-order valence-electron chi connectivity index (χ4n) is 4.21. The standard InChI is InChI=1S/C26H23F2N5O2/c1-33-23-21(31-24(33)15-8-10-29-11-9-15)12-17(13-22(23)32-26(35)16-4-2-5-16)25(34)30-14-18-19(27)6-3-7-20(18)28/h3,6-13,16H,2,4-5,14H2,1H3,(H,30,34)(H,32,35). The molecule has 0 bridgehead atoms. The highest BCUT2D eigenvalue weighted by molar-refractivity contribution is 6.06. The summed E-state index contributed by atoms with van der Waals surface area (Å²) < 4.78 is 29.8. The molecule has 1 saturated carbocycles. The zero-order valence-electron chi connectivity index (χ0n) is 19.0. The molecule has 5 rings (SSSR count). The summed E-state index contributed by atoms with van der Waals surface area (Å²) in [6, 6.07) is 10.4. The quantitative estimate of drug-likeness (QED) is 0.427. The molecule has 9 heteroatoms. The number of carbonyl (C=O) groups excluding carboxylic acids is 2. The number of nitrogens with zero attached hydrogens (tertiary/aromatic N) is 3. The van der Waals surface area contributed by atoms with E-state index in [0.717, 1.165) is 37.0 Å². The van der Waals surface area contributed by atoms with Crippen LogP contribution in [0.15, 0.2) is 54.9 Å². The van der Waals surface area contributed by atoms with Crippen molar-refractivity contribution in [1.29, 1.82) is 0 Å². The molecule has 2 aromatic heterocycles. The lowest BCUT2D eigenvalue weighted by atomic mass is 9.85. The molecule has 35 heavy (non-hydrogen) atoms. The predicted octanol–water partition coefficient (Wildman–Crippen LogP) is 4.58. The number of anilines is 1. The second-order valence-electron chi connectivity index (χ2n) is 8.62. The van der Waals surface area contributed by atoms with Crippen LogP contribution in [0.3, 0.4) is 0 Å². The first-order chi connectivity index (χ1) is 16.9. The van der Waals surface area contributed by atoms with Gasteiger partial charge in [0.25, 0.3) is 5.91 Å². The number of pyridine rings is 1. The molecule has 2 amide bonds. The van der Waals surface area contributed by atoms with Crippen LogP contribution in [0.5, 0.6) is 0 Å². The van der Waals surface area contributed by atoms with E-state index in [4.69, 9.17) is 4.98 Å². The Morgan fingerprint density at radius 3 is 2.46 bits per heavy atom. The van der Waals surface area contributed by atoms with Crippen LogP contribution >= 0.6 is 0 Å². The van der Waals surface area contributed by atoms with E-state index in [1.54, 1.807) is 24.5 Å². The van der Waals surface area contributed by atoms with Crippen LogP contribution < -0.4 is 10.6 Å². The fraction of sp³-hybridized carbons (Fsp3) is 0.231. The maximum atomic E-state index is 14.0. The first kappa shape index (κ1) is 22.6. The van der Waals surface area contributed by atoms with Crippen molar-refractivity contribution in [3.63, 3.8) is 0 Å². The number of rotatable bonds is 6. The Balaban J connectivity index is 1.52. The molecule has 2 heterocycles. The first-order valence-electron chi connectivity index (χ1n) is 11.3. The Morgan fingerprint density at radius 2 is 1.80 bits per heavy atom. The molecule has 0 aliphatic heterocycles. The van der Waals surface area contributed by atoms with Crippen molar-refractivity contribution in [1.82, 2.24) is 19.9 Å². The average Bonchev–Trinajstić information content (AvgIpc) is 3.14. The minimum Gasteiger partial charge on any atom is -0.348 e. The summed E-state index contributed by atoms with van der Waals surface area (Å²) in [5.74, 6) is -1.52. The van der Waals surface area contributed by atoms with E-state index in [1.165, 1.54) is 6.07 Å². The minimum absolute atomic E-state index is 0.0561. The molecule has 4 aromatic rings. The number of nitrogens with one attached hydrogen (secondary N) is 2. The van der Waals surface area contributed by atoms with Gasteiger partial charge < -0.3 is 15.2 Å². The number of carbonyl (C=O) groups is 2. The molecule has 178 valence electrons. The van der Waals surface area contributed by atoms with Crippen molar-refractivity contribution in [3.8, 4) is 11.4 Å². The molecule has 2 aromatic carbocycles. The summed E-state index contributed by atoms with van der Waals surface area (Å²) >= 11 is 0. The normalized spacial score (nSPS) is 13.5. The molecule has 0 radical (unpaired) electrons. The topological polar surface area (TPSA) is 88.9 Å². The van der Waals surface area contributed by atoms with Gasteiger partial charge in [-0.1, -0.05) is 12.5 Å². The van der Waals surface area contributed by atoms with Crippen LogP contribution in [-0.2, 0) is 18.4 Å². The summed E-state index contributed by atoms with van der Waals surface area (Å²) in [5, 5.41) is 5.53. The summed E-state index contributed by atoms with van der Waals surface area (Å²) in [6.45, 7) is -0.316. The number of aromatic nitrogens is 3. The van der Waals surface area contributed by atoms with Crippen molar-refractivity contribution < 1.29 is 18.4 Å². The van der Waals surface area contributed by atoms with E-state index < -0.39 is 17.5 Å². The smallest absolute Gasteiger partial charge is 0.251 e. The van der Waals surface area contributed by atoms with Gasteiger partial charge in [0.05, 0.1) is 16.7 Å². The number of benzene rings is 2. The van der Waals surface area contributed by atoms with Crippen LogP contribution in [0, 0.1) is 17.6 Å². The lowest BCUT2D eigenvalue weighted by Crippen LogP contribution is -2.28. The summed E-state index contributed by atoms with van der Waals surface area (Å²) in [4.78, 5) is 34.5. The number of hydrogen-bond donors (Lipinski definition) is 2. The zero-order valence-corrected chi connectivity index (χ0v) is 19.0. The van der Waals surface area contributed by atoms with E-state index in [-0.39, 0.29) is 29.5 Å². The molecule has 7 nitrogen and oxygen atoms in total. The third kappa shape index (κ3) is 4.37. The van der Waals surface area contributed by atoms with Crippen LogP contribution in [0.2, 0.25) is 0 Å². The predicted molar refractivity (Wildman–Crippen MR) is 127 cm³/mol. The van der Waals surface area contributed by atoms with Crippen LogP contribution in [0.25, 0.3) is 22.4 Å². The molecule has 0 spiro atoms. The van der Waals surface area contributed by atoms with Gasteiger partial charge >= 0.3 is 0 Å². The number of imidazole rings is 1. The Bertz CT molecular complexity index is 1410. The third-order valence-electron chi connectivity index (χ3n) is 6.39. The van der Waals surface area contributed by atoms with Crippen LogP contribution in [0.4, 0.5) is 14.5 Å². The van der Waals surface area contributed by atoms with Gasteiger partial charge in [-0.05, 0) is 49.2 Å². The number of aryl methyl sites for hydroxylation is 1. The molecule has 2 N–H and O–H groups in total. The Kier molecular flexibility index (Phi) is 5.98. The number of halogens is 2. The van der Waals surface area contributed by atoms with E-state index in [0.29, 0.717) is 22.5 Å². The van der Waals surface area contributed by atoms with Crippen LogP contribution in [0.1, 0.15) is 35.2 Å². The van der Waals surface area contributed by atoms with Crippen LogP contribution in [-0.4, -0.2) is 26.3 Å². The van der Waals surface area contributed by atoms with Gasteiger partial charge in [-0.25, -0.2) is 13.8 Å². The van der Waals surface area contributed by atoms with Gasteiger partial charge in [0.2, 0.25) is 5.91 Å². The molecule has 0 atom stereocenters. The fourth-order valence-corrected chi connectivity index (χ4v) is 4.21. The lowest BCUT2D eigenvalue weighted by Gasteiger charge is -2.24. The lowest BCUT2D eigenvalue weighted by molar-refractivity contribution is -0.122. The van der Waals surface area contributed by atoms with Gasteiger partial charge in [-0.2, -0.15) is 0 Å². The molecule has 1 fully saturated rings. The summed E-state index contributed by atoms with van der Waals surface area (Å²) in [7, 11) is 1.84. The minimum atomic E-state index is -0.735. The van der Waals surface area contributed by atoms with Gasteiger partial charge in [-0.3, -0.25) is 14.6 Å². The second-order valence-corrected chi connectivity index (χ2v) is 8.62. The zero-order chi connectivity index (χ0) is 24.5. The Labute approximate surface area is 200 Å². The maximum absolute atomic E-state index is 14.0. The number of fused-ring (bicyclic) bond motifs is 1. The van der Waals surface area contributed by atoms with Crippen molar-refractivity contribution in [2.24, 2.45) is 13.0 Å². The average molecular weight is 475 g/mol. The van der Waals surface area contributed by atoms with Crippen molar-refractivity contribution in [3.05, 3.63) is 77.6 Å². The summed E-state index contributed by atoms with van der Waals surface area (Å²) in [5.41, 5.74) is 2.46. The maximum Gasteiger partial charge on any atom is 0.251 e. The van der Waals surface area contributed by atoms with E-state index in [1.807, 2.05) is 23.7 Å². The number of hydrogen-bond acceptors (Lipinski definition) is 4.